The Morgan fingerprint density at radius 3 is 2.45 bits per heavy atom. The Labute approximate surface area is 167 Å². The zero-order chi connectivity index (χ0) is 21.2. The maximum absolute atomic E-state index is 12.6. The molecule has 0 bridgehead atoms. The van der Waals surface area contributed by atoms with Crippen LogP contribution in [0.2, 0.25) is 5.02 Å². The van der Waals surface area contributed by atoms with Crippen LogP contribution in [0.4, 0.5) is 13.2 Å². The lowest BCUT2D eigenvalue weighted by Crippen LogP contribution is -2.31. The molecule has 2 aromatic carbocycles. The molecular formula is C17H11ClF3N3O4S. The molecule has 3 rings (SSSR count). The Morgan fingerprint density at radius 1 is 1.10 bits per heavy atom. The quantitative estimate of drug-likeness (QED) is 0.648. The lowest BCUT2D eigenvalue weighted by atomic mass is 10.3. The second kappa shape index (κ2) is 7.76. The molecule has 1 amide bonds. The van der Waals surface area contributed by atoms with Gasteiger partial charge in [-0.25, -0.2) is 18.1 Å². The number of hydrogen-bond donors (Lipinski definition) is 1. The van der Waals surface area contributed by atoms with E-state index in [9.17, 15) is 26.4 Å². The molecule has 0 fully saturated rings. The molecule has 1 N–H and O–H groups in total. The van der Waals surface area contributed by atoms with Gasteiger partial charge in [-0.1, -0.05) is 35.9 Å². The van der Waals surface area contributed by atoms with Gasteiger partial charge in [0.15, 0.2) is 5.75 Å². The van der Waals surface area contributed by atoms with E-state index < -0.39 is 28.0 Å². The topological polar surface area (TPSA) is 90.3 Å². The molecule has 0 saturated carbocycles. The first kappa shape index (κ1) is 20.7. The average Bonchev–Trinajstić information content (AvgIpc) is 3.11. The third-order valence-electron chi connectivity index (χ3n) is 3.54. The van der Waals surface area contributed by atoms with Crippen LogP contribution in [0.25, 0.3) is 5.69 Å². The van der Waals surface area contributed by atoms with Crippen molar-refractivity contribution in [2.45, 2.75) is 11.3 Å². The molecule has 7 nitrogen and oxygen atoms in total. The highest BCUT2D eigenvalue weighted by atomic mass is 35.5. The lowest BCUT2D eigenvalue weighted by Gasteiger charge is -2.13. The zero-order valence-corrected chi connectivity index (χ0v) is 15.8. The number of nitrogens with one attached hydrogen (secondary N) is 1. The standard InChI is InChI=1S/C17H11ClF3N3O4S/c18-11-5-1-4-8-15(11)29(26,27)23-16(25)12-9-24(10-22-12)13-6-2-3-7-14(13)28-17(19,20)21/h1-10H,(H,23,25). The van der Waals surface area contributed by atoms with E-state index in [1.807, 2.05) is 4.72 Å². The summed E-state index contributed by atoms with van der Waals surface area (Å²) in [4.78, 5) is 15.7. The highest BCUT2D eigenvalue weighted by Gasteiger charge is 2.32. The van der Waals surface area contributed by atoms with E-state index in [0.29, 0.717) is 0 Å². The van der Waals surface area contributed by atoms with E-state index in [4.69, 9.17) is 11.6 Å². The Hall–Kier alpha value is -3.05. The van der Waals surface area contributed by atoms with Gasteiger partial charge in [0.25, 0.3) is 15.9 Å². The first-order chi connectivity index (χ1) is 13.6. The fraction of sp³-hybridized carbons (Fsp3) is 0.0588. The molecule has 0 atom stereocenters. The number of hydrogen-bond acceptors (Lipinski definition) is 5. The first-order valence-electron chi connectivity index (χ1n) is 7.78. The van der Waals surface area contributed by atoms with Gasteiger partial charge in [0, 0.05) is 6.20 Å². The molecular weight excluding hydrogens is 435 g/mol. The normalized spacial score (nSPS) is 11.9. The van der Waals surface area contributed by atoms with Crippen molar-refractivity contribution in [2.75, 3.05) is 0 Å². The van der Waals surface area contributed by atoms with Crippen LogP contribution in [0.5, 0.6) is 5.75 Å². The van der Waals surface area contributed by atoms with Gasteiger partial charge in [0.05, 0.1) is 10.7 Å². The number of imidazole rings is 1. The predicted octanol–water partition coefficient (Wildman–Crippen LogP) is 3.54. The molecule has 0 saturated heterocycles. The highest BCUT2D eigenvalue weighted by Crippen LogP contribution is 2.29. The van der Waals surface area contributed by atoms with E-state index in [0.717, 1.165) is 23.2 Å². The van der Waals surface area contributed by atoms with Crippen molar-refractivity contribution < 1.29 is 31.1 Å². The smallest absolute Gasteiger partial charge is 0.404 e. The summed E-state index contributed by atoms with van der Waals surface area (Å²) in [5.74, 6) is -1.61. The first-order valence-corrected chi connectivity index (χ1v) is 9.64. The monoisotopic (exact) mass is 445 g/mol. The number of nitrogens with zero attached hydrogens (tertiary/aromatic N) is 2. The van der Waals surface area contributed by atoms with Crippen LogP contribution >= 0.6 is 11.6 Å². The Bertz CT molecular complexity index is 1160. The number of carbonyl (C=O) groups is 1. The Balaban J connectivity index is 1.86. The number of ether oxygens (including phenoxy) is 1. The third-order valence-corrected chi connectivity index (χ3v) is 5.37. The SMILES string of the molecule is O=C(NS(=O)(=O)c1ccccc1Cl)c1cn(-c2ccccc2OC(F)(F)F)cn1. The number of sulfonamides is 1. The molecule has 12 heteroatoms. The lowest BCUT2D eigenvalue weighted by molar-refractivity contribution is -0.274. The molecule has 0 radical (unpaired) electrons. The molecule has 152 valence electrons. The van der Waals surface area contributed by atoms with E-state index in [2.05, 4.69) is 9.72 Å². The van der Waals surface area contributed by atoms with Crippen LogP contribution in [-0.2, 0) is 10.0 Å². The van der Waals surface area contributed by atoms with E-state index in [1.54, 1.807) is 0 Å². The van der Waals surface area contributed by atoms with Crippen LogP contribution in [0.3, 0.4) is 0 Å². The number of benzene rings is 2. The Kier molecular flexibility index (Phi) is 5.53. The van der Waals surface area contributed by atoms with Gasteiger partial charge in [-0.3, -0.25) is 4.79 Å². The highest BCUT2D eigenvalue weighted by molar-refractivity contribution is 7.90. The van der Waals surface area contributed by atoms with E-state index in [1.165, 1.54) is 42.5 Å². The van der Waals surface area contributed by atoms with Crippen molar-refractivity contribution in [2.24, 2.45) is 0 Å². The second-order valence-corrected chi connectivity index (χ2v) is 7.60. The number of aromatic nitrogens is 2. The molecule has 1 heterocycles. The van der Waals surface area contributed by atoms with Gasteiger partial charge in [-0.15, -0.1) is 13.2 Å². The summed E-state index contributed by atoms with van der Waals surface area (Å²) in [5, 5.41) is -0.0865. The Morgan fingerprint density at radius 2 is 1.76 bits per heavy atom. The molecule has 0 spiro atoms. The van der Waals surface area contributed by atoms with Crippen molar-refractivity contribution in [3.8, 4) is 11.4 Å². The van der Waals surface area contributed by atoms with Gasteiger partial charge in [-0.05, 0) is 24.3 Å². The van der Waals surface area contributed by atoms with Crippen molar-refractivity contribution in [3.63, 3.8) is 0 Å². The van der Waals surface area contributed by atoms with Crippen molar-refractivity contribution in [1.82, 2.24) is 14.3 Å². The van der Waals surface area contributed by atoms with Gasteiger partial charge >= 0.3 is 6.36 Å². The summed E-state index contributed by atoms with van der Waals surface area (Å²) in [6.07, 6.45) is -2.80. The van der Waals surface area contributed by atoms with Crippen LogP contribution in [-0.4, -0.2) is 30.2 Å². The summed E-state index contributed by atoms with van der Waals surface area (Å²) in [6.45, 7) is 0. The van der Waals surface area contributed by atoms with Crippen LogP contribution in [0.1, 0.15) is 10.5 Å². The molecule has 0 aliphatic rings. The van der Waals surface area contributed by atoms with Crippen molar-refractivity contribution >= 4 is 27.5 Å². The number of rotatable bonds is 5. The maximum Gasteiger partial charge on any atom is 0.573 e. The molecule has 0 aliphatic carbocycles. The number of para-hydroxylation sites is 2. The maximum atomic E-state index is 12.6. The van der Waals surface area contributed by atoms with Crippen LogP contribution in [0.15, 0.2) is 66.0 Å². The summed E-state index contributed by atoms with van der Waals surface area (Å²) in [6, 6.07) is 10.7. The minimum Gasteiger partial charge on any atom is -0.404 e. The van der Waals surface area contributed by atoms with Crippen LogP contribution in [0, 0.1) is 0 Å². The minimum atomic E-state index is -4.92. The summed E-state index contributed by atoms with van der Waals surface area (Å²) >= 11 is 5.84. The number of amides is 1. The second-order valence-electron chi connectivity index (χ2n) is 5.55. The summed E-state index contributed by atoms with van der Waals surface area (Å²) < 4.78 is 69.2. The average molecular weight is 446 g/mol. The summed E-state index contributed by atoms with van der Waals surface area (Å²) in [5.41, 5.74) is -0.396. The molecule has 29 heavy (non-hydrogen) atoms. The van der Waals surface area contributed by atoms with Crippen molar-refractivity contribution in [1.29, 1.82) is 0 Å². The molecule has 0 unspecified atom stereocenters. The van der Waals surface area contributed by atoms with E-state index >= 15 is 0 Å². The number of halogens is 4. The predicted molar refractivity (Wildman–Crippen MR) is 96.4 cm³/mol. The van der Waals surface area contributed by atoms with Crippen LogP contribution < -0.4 is 9.46 Å². The van der Waals surface area contributed by atoms with Gasteiger partial charge in [0.2, 0.25) is 0 Å². The fourth-order valence-electron chi connectivity index (χ4n) is 2.35. The van der Waals surface area contributed by atoms with Gasteiger partial charge < -0.3 is 9.30 Å². The third kappa shape index (κ3) is 4.87. The van der Waals surface area contributed by atoms with Crippen molar-refractivity contribution in [3.05, 3.63) is 71.8 Å². The fourth-order valence-corrected chi connectivity index (χ4v) is 3.83. The molecule has 3 aromatic rings. The number of alkyl halides is 3. The number of carbonyl (C=O) groups excluding carboxylic acids is 1. The molecule has 0 aliphatic heterocycles. The van der Waals surface area contributed by atoms with E-state index in [-0.39, 0.29) is 21.3 Å². The summed E-state index contributed by atoms with van der Waals surface area (Å²) in [7, 11) is -4.28. The minimum absolute atomic E-state index is 0.0506. The largest absolute Gasteiger partial charge is 0.573 e. The van der Waals surface area contributed by atoms with Gasteiger partial charge in [-0.2, -0.15) is 0 Å². The van der Waals surface area contributed by atoms with Gasteiger partial charge in [0.1, 0.15) is 16.9 Å². The molecule has 1 aromatic heterocycles. The zero-order valence-electron chi connectivity index (χ0n) is 14.2.